The number of hydrogen-bond donors (Lipinski definition) is 1. The smallest absolute Gasteiger partial charge is 0.123 e. The van der Waals surface area contributed by atoms with Crippen LogP contribution in [0, 0.1) is 11.7 Å². The van der Waals surface area contributed by atoms with Gasteiger partial charge in [0.25, 0.3) is 0 Å². The lowest BCUT2D eigenvalue weighted by Crippen LogP contribution is -2.51. The zero-order valence-corrected chi connectivity index (χ0v) is 13.6. The fourth-order valence-electron chi connectivity index (χ4n) is 3.58. The second-order valence-corrected chi connectivity index (χ2v) is 6.36. The molecule has 1 aliphatic carbocycles. The first kappa shape index (κ1) is 16.4. The fourth-order valence-corrected chi connectivity index (χ4v) is 3.58. The molecular formula is C18H29FN2. The molecular weight excluding hydrogens is 263 g/mol. The molecule has 21 heavy (non-hydrogen) atoms. The minimum absolute atomic E-state index is 0.157. The third kappa shape index (κ3) is 4.52. The van der Waals surface area contributed by atoms with Gasteiger partial charge < -0.3 is 5.32 Å². The zero-order valence-electron chi connectivity index (χ0n) is 13.6. The van der Waals surface area contributed by atoms with Gasteiger partial charge in [0.05, 0.1) is 0 Å². The fraction of sp³-hybridized carbons (Fsp3) is 0.667. The quantitative estimate of drug-likeness (QED) is 0.857. The normalized spacial score (nSPS) is 26.2. The molecule has 0 aromatic heterocycles. The Labute approximate surface area is 128 Å². The van der Waals surface area contributed by atoms with Crippen LogP contribution in [0.2, 0.25) is 0 Å². The van der Waals surface area contributed by atoms with E-state index in [4.69, 9.17) is 0 Å². The number of nitrogens with zero attached hydrogens (tertiary/aromatic N) is 1. The minimum Gasteiger partial charge on any atom is -0.313 e. The Balaban J connectivity index is 2.01. The summed E-state index contributed by atoms with van der Waals surface area (Å²) in [5, 5.41) is 3.65. The van der Waals surface area contributed by atoms with Crippen molar-refractivity contribution in [1.29, 1.82) is 0 Å². The van der Waals surface area contributed by atoms with Crippen molar-refractivity contribution < 1.29 is 4.39 Å². The number of likely N-dealkylation sites (N-methyl/N-ethyl adjacent to an activating group) is 2. The van der Waals surface area contributed by atoms with Crippen LogP contribution in [0.4, 0.5) is 4.39 Å². The second kappa shape index (κ2) is 7.90. The van der Waals surface area contributed by atoms with Gasteiger partial charge in [-0.3, -0.25) is 4.90 Å². The van der Waals surface area contributed by atoms with E-state index in [2.05, 4.69) is 31.1 Å². The van der Waals surface area contributed by atoms with Crippen LogP contribution >= 0.6 is 0 Å². The van der Waals surface area contributed by atoms with Crippen LogP contribution in [0.25, 0.3) is 0 Å². The molecule has 1 aromatic carbocycles. The predicted octanol–water partition coefficient (Wildman–Crippen LogP) is 3.81. The third-order valence-electron chi connectivity index (χ3n) is 4.88. The highest BCUT2D eigenvalue weighted by Crippen LogP contribution is 2.30. The molecule has 1 fully saturated rings. The topological polar surface area (TPSA) is 15.3 Å². The highest BCUT2D eigenvalue weighted by atomic mass is 19.1. The highest BCUT2D eigenvalue weighted by molar-refractivity contribution is 5.16. The van der Waals surface area contributed by atoms with E-state index in [1.165, 1.54) is 31.2 Å². The van der Waals surface area contributed by atoms with Crippen molar-refractivity contribution >= 4 is 0 Å². The Kier molecular flexibility index (Phi) is 6.19. The number of benzene rings is 1. The van der Waals surface area contributed by atoms with E-state index in [0.29, 0.717) is 12.1 Å². The second-order valence-electron chi connectivity index (χ2n) is 6.36. The predicted molar refractivity (Wildman–Crippen MR) is 86.8 cm³/mol. The molecule has 2 rings (SSSR count). The minimum atomic E-state index is -0.157. The van der Waals surface area contributed by atoms with Crippen LogP contribution in [-0.4, -0.2) is 30.6 Å². The average Bonchev–Trinajstić information content (AvgIpc) is 2.50. The van der Waals surface area contributed by atoms with Gasteiger partial charge in [0.2, 0.25) is 0 Å². The summed E-state index contributed by atoms with van der Waals surface area (Å²) >= 11 is 0. The van der Waals surface area contributed by atoms with Gasteiger partial charge in [-0.1, -0.05) is 32.4 Å². The summed E-state index contributed by atoms with van der Waals surface area (Å²) in [5.74, 6) is 0.691. The third-order valence-corrected chi connectivity index (χ3v) is 4.88. The SMILES string of the molecule is CCNC1CCC(CC)CC1N(C)Cc1ccc(F)cc1. The molecule has 0 heterocycles. The van der Waals surface area contributed by atoms with Crippen molar-refractivity contribution in [3.63, 3.8) is 0 Å². The summed E-state index contributed by atoms with van der Waals surface area (Å²) in [7, 11) is 2.20. The van der Waals surface area contributed by atoms with Crippen molar-refractivity contribution in [1.82, 2.24) is 10.2 Å². The van der Waals surface area contributed by atoms with Gasteiger partial charge in [0, 0.05) is 18.6 Å². The number of rotatable bonds is 6. The lowest BCUT2D eigenvalue weighted by Gasteiger charge is -2.41. The molecule has 0 bridgehead atoms. The first-order valence-corrected chi connectivity index (χ1v) is 8.32. The van der Waals surface area contributed by atoms with Crippen LogP contribution in [0.5, 0.6) is 0 Å². The molecule has 3 unspecified atom stereocenters. The molecule has 2 nitrogen and oxygen atoms in total. The zero-order chi connectivity index (χ0) is 15.2. The van der Waals surface area contributed by atoms with E-state index < -0.39 is 0 Å². The van der Waals surface area contributed by atoms with Gasteiger partial charge in [-0.05, 0) is 56.5 Å². The molecule has 1 aromatic rings. The first-order valence-electron chi connectivity index (χ1n) is 8.32. The molecule has 1 aliphatic rings. The van der Waals surface area contributed by atoms with Crippen molar-refractivity contribution in [2.75, 3.05) is 13.6 Å². The van der Waals surface area contributed by atoms with Gasteiger partial charge in [-0.25, -0.2) is 4.39 Å². The van der Waals surface area contributed by atoms with E-state index in [1.54, 1.807) is 12.1 Å². The summed E-state index contributed by atoms with van der Waals surface area (Å²) in [5.41, 5.74) is 1.19. The Morgan fingerprint density at radius 1 is 1.19 bits per heavy atom. The van der Waals surface area contributed by atoms with E-state index in [9.17, 15) is 4.39 Å². The van der Waals surface area contributed by atoms with Gasteiger partial charge in [0.15, 0.2) is 0 Å². The van der Waals surface area contributed by atoms with Crippen LogP contribution in [-0.2, 0) is 6.54 Å². The van der Waals surface area contributed by atoms with Gasteiger partial charge in [-0.2, -0.15) is 0 Å². The lowest BCUT2D eigenvalue weighted by atomic mass is 9.80. The average molecular weight is 292 g/mol. The first-order chi connectivity index (χ1) is 10.1. The summed E-state index contributed by atoms with van der Waals surface area (Å²) in [6.07, 6.45) is 5.16. The number of halogens is 1. The van der Waals surface area contributed by atoms with E-state index in [-0.39, 0.29) is 5.82 Å². The standard InChI is InChI=1S/C18H29FN2/c1-4-14-8-11-17(20-5-2)18(12-14)21(3)13-15-6-9-16(19)10-7-15/h6-7,9-10,14,17-18,20H,4-5,8,11-13H2,1-3H3. The number of nitrogens with one attached hydrogen (secondary N) is 1. The molecule has 0 spiro atoms. The molecule has 1 N–H and O–H groups in total. The molecule has 3 heteroatoms. The van der Waals surface area contributed by atoms with Crippen molar-refractivity contribution in [3.8, 4) is 0 Å². The maximum absolute atomic E-state index is 13.0. The maximum Gasteiger partial charge on any atom is 0.123 e. The number of hydrogen-bond acceptors (Lipinski definition) is 2. The monoisotopic (exact) mass is 292 g/mol. The Morgan fingerprint density at radius 2 is 1.90 bits per heavy atom. The highest BCUT2D eigenvalue weighted by Gasteiger charge is 2.31. The molecule has 0 radical (unpaired) electrons. The Hall–Kier alpha value is -0.930. The van der Waals surface area contributed by atoms with Gasteiger partial charge in [-0.15, -0.1) is 0 Å². The summed E-state index contributed by atoms with van der Waals surface area (Å²) in [6, 6.07) is 8.07. The van der Waals surface area contributed by atoms with Crippen molar-refractivity contribution in [2.45, 2.75) is 58.2 Å². The van der Waals surface area contributed by atoms with Gasteiger partial charge in [0.1, 0.15) is 5.82 Å². The van der Waals surface area contributed by atoms with E-state index >= 15 is 0 Å². The molecule has 0 saturated heterocycles. The molecule has 0 amide bonds. The van der Waals surface area contributed by atoms with Crippen LogP contribution in [0.1, 0.15) is 45.1 Å². The van der Waals surface area contributed by atoms with Crippen LogP contribution in [0.15, 0.2) is 24.3 Å². The van der Waals surface area contributed by atoms with Gasteiger partial charge >= 0.3 is 0 Å². The molecule has 118 valence electrons. The van der Waals surface area contributed by atoms with Crippen LogP contribution in [0.3, 0.4) is 0 Å². The maximum atomic E-state index is 13.0. The molecule has 3 atom stereocenters. The summed E-state index contributed by atoms with van der Waals surface area (Å²) in [4.78, 5) is 2.45. The van der Waals surface area contributed by atoms with Crippen molar-refractivity contribution in [2.24, 2.45) is 5.92 Å². The van der Waals surface area contributed by atoms with E-state index in [1.807, 2.05) is 12.1 Å². The molecule has 1 saturated carbocycles. The molecule has 0 aliphatic heterocycles. The summed E-state index contributed by atoms with van der Waals surface area (Å²) in [6.45, 7) is 6.41. The summed E-state index contributed by atoms with van der Waals surface area (Å²) < 4.78 is 13.0. The Morgan fingerprint density at radius 3 is 2.52 bits per heavy atom. The van der Waals surface area contributed by atoms with Crippen molar-refractivity contribution in [3.05, 3.63) is 35.6 Å². The largest absolute Gasteiger partial charge is 0.313 e. The van der Waals surface area contributed by atoms with Crippen LogP contribution < -0.4 is 5.32 Å². The van der Waals surface area contributed by atoms with E-state index in [0.717, 1.165) is 19.0 Å². The Bertz CT molecular complexity index is 418. The lowest BCUT2D eigenvalue weighted by molar-refractivity contribution is 0.113.